The van der Waals surface area contributed by atoms with Crippen molar-refractivity contribution in [1.29, 1.82) is 0 Å². The highest BCUT2D eigenvalue weighted by molar-refractivity contribution is 5.71. The van der Waals surface area contributed by atoms with Crippen LogP contribution in [0.3, 0.4) is 0 Å². The van der Waals surface area contributed by atoms with E-state index in [1.54, 1.807) is 0 Å². The van der Waals surface area contributed by atoms with Crippen molar-refractivity contribution >= 4 is 0 Å². The van der Waals surface area contributed by atoms with Crippen molar-refractivity contribution in [3.63, 3.8) is 0 Å². The summed E-state index contributed by atoms with van der Waals surface area (Å²) in [6.45, 7) is 10.3. The molecule has 2 heteroatoms. The fraction of sp³-hybridized carbons (Fsp3) is 0.214. The highest BCUT2D eigenvalue weighted by Gasteiger charge is 2.10. The summed E-state index contributed by atoms with van der Waals surface area (Å²) in [6, 6.07) is 30.9. The number of hydrogen-bond acceptors (Lipinski definition) is 2. The third kappa shape index (κ3) is 6.38. The first kappa shape index (κ1) is 23.0. The highest BCUT2D eigenvalue weighted by Crippen LogP contribution is 2.27. The molecular weight excluding hydrogens is 364 g/mol. The van der Waals surface area contributed by atoms with Gasteiger partial charge in [0, 0.05) is 16.7 Å². The molecule has 0 atom stereocenters. The SMILES string of the molecule is CC.CCC.Cc1ccc(-c2nc(-c3ccccc3)cc(-c3ccccc3)n2)cc1. The molecule has 0 N–H and O–H groups in total. The van der Waals surface area contributed by atoms with Crippen LogP contribution >= 0.6 is 0 Å². The molecule has 0 aliphatic carbocycles. The van der Waals surface area contributed by atoms with Gasteiger partial charge in [-0.1, -0.05) is 125 Å². The van der Waals surface area contributed by atoms with E-state index in [2.05, 4.69) is 75.4 Å². The first-order valence-electron chi connectivity index (χ1n) is 10.8. The normalized spacial score (nSPS) is 9.63. The van der Waals surface area contributed by atoms with E-state index >= 15 is 0 Å². The summed E-state index contributed by atoms with van der Waals surface area (Å²) in [5, 5.41) is 0. The molecule has 0 aliphatic heterocycles. The smallest absolute Gasteiger partial charge is 0.160 e. The highest BCUT2D eigenvalue weighted by atomic mass is 14.9. The second kappa shape index (κ2) is 12.3. The molecule has 0 spiro atoms. The Kier molecular flexibility index (Phi) is 9.47. The molecule has 0 saturated heterocycles. The minimum atomic E-state index is 0.750. The van der Waals surface area contributed by atoms with Crippen molar-refractivity contribution in [2.45, 2.75) is 41.0 Å². The molecule has 0 fully saturated rings. The number of benzene rings is 3. The first-order valence-corrected chi connectivity index (χ1v) is 10.8. The topological polar surface area (TPSA) is 25.8 Å². The van der Waals surface area contributed by atoms with Crippen LogP contribution < -0.4 is 0 Å². The predicted molar refractivity (Wildman–Crippen MR) is 130 cm³/mol. The maximum Gasteiger partial charge on any atom is 0.160 e. The van der Waals surface area contributed by atoms with Crippen molar-refractivity contribution in [3.05, 3.63) is 96.6 Å². The number of hydrogen-bond donors (Lipinski definition) is 0. The van der Waals surface area contributed by atoms with Gasteiger partial charge in [0.1, 0.15) is 0 Å². The van der Waals surface area contributed by atoms with Gasteiger partial charge >= 0.3 is 0 Å². The molecule has 2 nitrogen and oxygen atoms in total. The Morgan fingerprint density at radius 2 is 0.967 bits per heavy atom. The molecule has 0 bridgehead atoms. The van der Waals surface area contributed by atoms with E-state index in [0.717, 1.165) is 33.9 Å². The summed E-state index contributed by atoms with van der Waals surface area (Å²) in [4.78, 5) is 9.64. The Labute approximate surface area is 181 Å². The molecule has 4 rings (SSSR count). The number of aryl methyl sites for hydroxylation is 1. The van der Waals surface area contributed by atoms with Gasteiger partial charge in [-0.05, 0) is 13.0 Å². The van der Waals surface area contributed by atoms with Crippen molar-refractivity contribution < 1.29 is 0 Å². The second-order valence-corrected chi connectivity index (χ2v) is 6.77. The second-order valence-electron chi connectivity index (χ2n) is 6.77. The van der Waals surface area contributed by atoms with Gasteiger partial charge in [0.25, 0.3) is 0 Å². The van der Waals surface area contributed by atoms with Gasteiger partial charge in [-0.25, -0.2) is 9.97 Å². The van der Waals surface area contributed by atoms with Crippen LogP contribution in [0.15, 0.2) is 91.0 Å². The summed E-state index contributed by atoms with van der Waals surface area (Å²) < 4.78 is 0. The van der Waals surface area contributed by atoms with Gasteiger partial charge in [0.05, 0.1) is 11.4 Å². The molecular formula is C28H32N2. The zero-order valence-corrected chi connectivity index (χ0v) is 18.8. The molecule has 1 aromatic heterocycles. The fourth-order valence-electron chi connectivity index (χ4n) is 2.79. The minimum absolute atomic E-state index is 0.750. The first-order chi connectivity index (χ1) is 14.7. The van der Waals surface area contributed by atoms with E-state index < -0.39 is 0 Å². The lowest BCUT2D eigenvalue weighted by Crippen LogP contribution is -1.95. The van der Waals surface area contributed by atoms with Gasteiger partial charge in [0.15, 0.2) is 5.82 Å². The van der Waals surface area contributed by atoms with E-state index in [4.69, 9.17) is 9.97 Å². The number of rotatable bonds is 3. The van der Waals surface area contributed by atoms with E-state index in [-0.39, 0.29) is 0 Å². The van der Waals surface area contributed by atoms with Crippen molar-refractivity contribution in [2.24, 2.45) is 0 Å². The molecule has 0 aliphatic rings. The molecule has 0 radical (unpaired) electrons. The van der Waals surface area contributed by atoms with Crippen LogP contribution in [0.1, 0.15) is 39.7 Å². The van der Waals surface area contributed by atoms with Crippen LogP contribution in [0.5, 0.6) is 0 Å². The van der Waals surface area contributed by atoms with E-state index in [1.807, 2.05) is 50.2 Å². The zero-order chi connectivity index (χ0) is 21.8. The molecule has 154 valence electrons. The van der Waals surface area contributed by atoms with Crippen molar-refractivity contribution in [3.8, 4) is 33.9 Å². The molecule has 0 amide bonds. The Balaban J connectivity index is 0.000000590. The third-order valence-corrected chi connectivity index (χ3v) is 4.18. The molecule has 3 aromatic carbocycles. The summed E-state index contributed by atoms with van der Waals surface area (Å²) in [6.07, 6.45) is 1.25. The standard InChI is InChI=1S/C23H18N2.C3H8.C2H6/c1-17-12-14-20(15-13-17)23-24-21(18-8-4-2-5-9-18)16-22(25-23)19-10-6-3-7-11-19;1-3-2;1-2/h2-16H,1H3;3H2,1-2H3;1-2H3. The largest absolute Gasteiger partial charge is 0.228 e. The summed E-state index contributed by atoms with van der Waals surface area (Å²) in [7, 11) is 0. The van der Waals surface area contributed by atoms with Crippen LogP contribution in [0.25, 0.3) is 33.9 Å². The Morgan fingerprint density at radius 3 is 1.37 bits per heavy atom. The quantitative estimate of drug-likeness (QED) is 0.348. The maximum absolute atomic E-state index is 4.82. The maximum atomic E-state index is 4.82. The van der Waals surface area contributed by atoms with Gasteiger partial charge in [-0.15, -0.1) is 0 Å². The van der Waals surface area contributed by atoms with E-state index in [0.29, 0.717) is 0 Å². The van der Waals surface area contributed by atoms with Crippen molar-refractivity contribution in [2.75, 3.05) is 0 Å². The van der Waals surface area contributed by atoms with E-state index in [1.165, 1.54) is 12.0 Å². The molecule has 30 heavy (non-hydrogen) atoms. The van der Waals surface area contributed by atoms with E-state index in [9.17, 15) is 0 Å². The third-order valence-electron chi connectivity index (χ3n) is 4.18. The Hall–Kier alpha value is -3.26. The lowest BCUT2D eigenvalue weighted by atomic mass is 10.1. The monoisotopic (exact) mass is 396 g/mol. The molecule has 0 saturated carbocycles. The van der Waals surface area contributed by atoms with Gasteiger partial charge < -0.3 is 0 Å². The van der Waals surface area contributed by atoms with Gasteiger partial charge in [-0.2, -0.15) is 0 Å². The zero-order valence-electron chi connectivity index (χ0n) is 18.8. The van der Waals surface area contributed by atoms with Gasteiger partial charge in [0.2, 0.25) is 0 Å². The Morgan fingerprint density at radius 1 is 0.567 bits per heavy atom. The summed E-state index contributed by atoms with van der Waals surface area (Å²) >= 11 is 0. The number of nitrogens with zero attached hydrogens (tertiary/aromatic N) is 2. The van der Waals surface area contributed by atoms with Crippen LogP contribution in [-0.4, -0.2) is 9.97 Å². The summed E-state index contributed by atoms with van der Waals surface area (Å²) in [5.74, 6) is 0.750. The van der Waals surface area contributed by atoms with Crippen LogP contribution in [-0.2, 0) is 0 Å². The molecule has 4 aromatic rings. The fourth-order valence-corrected chi connectivity index (χ4v) is 2.79. The van der Waals surface area contributed by atoms with Crippen LogP contribution in [0, 0.1) is 6.92 Å². The van der Waals surface area contributed by atoms with Gasteiger partial charge in [-0.3, -0.25) is 0 Å². The molecule has 1 heterocycles. The average Bonchev–Trinajstić information content (AvgIpc) is 2.82. The average molecular weight is 397 g/mol. The van der Waals surface area contributed by atoms with Crippen molar-refractivity contribution in [1.82, 2.24) is 9.97 Å². The lowest BCUT2D eigenvalue weighted by molar-refractivity contribution is 1.09. The van der Waals surface area contributed by atoms with Crippen LogP contribution in [0.2, 0.25) is 0 Å². The predicted octanol–water partition coefficient (Wildman–Crippen LogP) is 8.23. The number of aromatic nitrogens is 2. The summed E-state index contributed by atoms with van der Waals surface area (Å²) in [5.41, 5.74) is 6.31. The lowest BCUT2D eigenvalue weighted by Gasteiger charge is -2.09. The van der Waals surface area contributed by atoms with Crippen LogP contribution in [0.4, 0.5) is 0 Å². The molecule has 0 unspecified atom stereocenters. The minimum Gasteiger partial charge on any atom is -0.228 e. The Bertz CT molecular complexity index is 934.